The summed E-state index contributed by atoms with van der Waals surface area (Å²) >= 11 is 0. The van der Waals surface area contributed by atoms with Crippen LogP contribution in [0.15, 0.2) is 118 Å². The molecule has 0 aliphatic carbocycles. The molecule has 8 rings (SSSR count). The standard InChI is InChI=1S/C49H46N4O16S4/c1-6-22-51-39-17-14-34-36(26-33(72(63,64)65)27-40(34)73(66,67)68)46(39)49(4,5)41(51)18-11-30(37-15-9-31(28-50-37)47(56)69-53-43(54)20-21-44(53)55)12-19-42-48(2,3)45-35-25-32(71(60,61)62)13-8-29(35)10-16-38(45)52(42)23-7-24-70(57,58)59/h1,8-19,25-28H,6-7,20-24H2,2-5H3,(H3-,57,58,59,60,61,62,63,64,65,66,67,68). The van der Waals surface area contributed by atoms with Gasteiger partial charge in [0.2, 0.25) is 5.69 Å². The summed E-state index contributed by atoms with van der Waals surface area (Å²) in [6.07, 6.45) is 7.65. The number of benzene rings is 4. The van der Waals surface area contributed by atoms with E-state index < -0.39 is 84.6 Å². The second-order valence-corrected chi connectivity index (χ2v) is 24.2. The van der Waals surface area contributed by atoms with E-state index in [1.807, 2.05) is 18.7 Å². The predicted molar refractivity (Wildman–Crippen MR) is 265 cm³/mol. The summed E-state index contributed by atoms with van der Waals surface area (Å²) in [5.74, 6) is -3.13. The number of hydroxylamine groups is 2. The molecule has 3 N–H and O–H groups in total. The summed E-state index contributed by atoms with van der Waals surface area (Å²) in [5.41, 5.74) is 1.52. The van der Waals surface area contributed by atoms with Crippen LogP contribution in [0.2, 0.25) is 0 Å². The van der Waals surface area contributed by atoms with Crippen LogP contribution >= 0.6 is 0 Å². The number of aromatic nitrogens is 1. The van der Waals surface area contributed by atoms with Crippen molar-refractivity contribution < 1.29 is 75.7 Å². The molecule has 24 heteroatoms. The molecule has 382 valence electrons. The van der Waals surface area contributed by atoms with E-state index in [9.17, 15) is 66.3 Å². The number of rotatable bonds is 15. The molecule has 1 saturated heterocycles. The minimum Gasteiger partial charge on any atom is -0.748 e. The molecule has 1 fully saturated rings. The average molecular weight is 1080 g/mol. The zero-order valence-electron chi connectivity index (χ0n) is 39.3. The van der Waals surface area contributed by atoms with Gasteiger partial charge in [-0.05, 0) is 110 Å². The highest BCUT2D eigenvalue weighted by atomic mass is 32.2. The van der Waals surface area contributed by atoms with Gasteiger partial charge in [0.1, 0.15) is 11.4 Å². The van der Waals surface area contributed by atoms with Crippen molar-refractivity contribution >= 4 is 102 Å². The maximum atomic E-state index is 13.2. The fraction of sp³-hybridized carbons (Fsp3) is 0.265. The van der Waals surface area contributed by atoms with Gasteiger partial charge in [0.15, 0.2) is 5.71 Å². The van der Waals surface area contributed by atoms with E-state index in [4.69, 9.17) is 11.8 Å². The fourth-order valence-corrected chi connectivity index (χ4v) is 12.1. The third-order valence-corrected chi connectivity index (χ3v) is 16.4. The van der Waals surface area contributed by atoms with Crippen LogP contribution in [0.25, 0.3) is 27.1 Å². The molecule has 20 nitrogen and oxygen atoms in total. The first-order valence-corrected chi connectivity index (χ1v) is 28.2. The van der Waals surface area contributed by atoms with Crippen molar-refractivity contribution in [2.24, 2.45) is 0 Å². The Labute approximate surface area is 420 Å². The highest BCUT2D eigenvalue weighted by molar-refractivity contribution is 7.87. The van der Waals surface area contributed by atoms with Crippen LogP contribution in [0.1, 0.15) is 80.6 Å². The molecule has 3 aliphatic rings. The van der Waals surface area contributed by atoms with Crippen molar-refractivity contribution in [3.8, 4) is 0 Å². The number of anilines is 1. The molecule has 0 unspecified atom stereocenters. The van der Waals surface area contributed by atoms with E-state index in [-0.39, 0.29) is 65.7 Å². The predicted octanol–water partition coefficient (Wildman–Crippen LogP) is 6.08. The fourth-order valence-electron chi connectivity index (χ4n) is 9.78. The van der Waals surface area contributed by atoms with Gasteiger partial charge in [0.25, 0.3) is 42.2 Å². The van der Waals surface area contributed by atoms with Crippen molar-refractivity contribution in [2.45, 2.75) is 78.9 Å². The average Bonchev–Trinajstić information content (AvgIpc) is 3.82. The third kappa shape index (κ3) is 10.1. The molecular formula is C49H46N4O16S4. The van der Waals surface area contributed by atoms with Crippen LogP contribution < -0.4 is 4.90 Å². The Kier molecular flexibility index (Phi) is 13.6. The first-order chi connectivity index (χ1) is 33.9. The number of allylic oxidation sites excluding steroid dienone is 6. The Morgan fingerprint density at radius 2 is 1.47 bits per heavy atom. The van der Waals surface area contributed by atoms with Crippen molar-refractivity contribution in [2.75, 3.05) is 23.7 Å². The number of carbonyl (C=O) groups is 3. The van der Waals surface area contributed by atoms with Crippen molar-refractivity contribution in [3.63, 3.8) is 0 Å². The number of carbonyl (C=O) groups excluding carboxylic acids is 3. The lowest BCUT2D eigenvalue weighted by Gasteiger charge is -2.27. The maximum Gasteiger partial charge on any atom is 0.365 e. The summed E-state index contributed by atoms with van der Waals surface area (Å²) in [5, 5.41) is 1.53. The van der Waals surface area contributed by atoms with Gasteiger partial charge in [-0.3, -0.25) is 28.2 Å². The molecule has 4 heterocycles. The molecule has 1 aromatic heterocycles. The highest BCUT2D eigenvalue weighted by Crippen LogP contribution is 2.52. The lowest BCUT2D eigenvalue weighted by Crippen LogP contribution is -2.32. The second-order valence-electron chi connectivity index (χ2n) is 18.5. The third-order valence-electron chi connectivity index (χ3n) is 13.0. The SMILES string of the molecule is [CH]CCN1/C(=C/C=C(/C=C/C2=[N+](CCCS(=O)(=O)[O-])c3ccc4ccc(S(=O)(=O)O)cc4c3C2(C)C)c2ccc(C(=O)ON3C(=O)CCC3=O)cn2)C(C)(C)c2c1ccc1c(S(=O)(=O)O)cc(S(=O)(=O)O)cc21. The molecule has 0 saturated carbocycles. The van der Waals surface area contributed by atoms with Crippen LogP contribution in [-0.2, 0) is 65.7 Å². The van der Waals surface area contributed by atoms with Crippen LogP contribution in [0.5, 0.6) is 0 Å². The Morgan fingerprint density at radius 1 is 0.808 bits per heavy atom. The zero-order chi connectivity index (χ0) is 53.4. The number of amides is 2. The number of pyridine rings is 1. The van der Waals surface area contributed by atoms with E-state index in [0.717, 1.165) is 12.3 Å². The van der Waals surface area contributed by atoms with E-state index in [0.29, 0.717) is 61.4 Å². The van der Waals surface area contributed by atoms with Crippen LogP contribution in [0.4, 0.5) is 11.4 Å². The summed E-state index contributed by atoms with van der Waals surface area (Å²) in [6.45, 7) is 13.6. The van der Waals surface area contributed by atoms with Crippen LogP contribution in [-0.4, -0.2) is 109 Å². The lowest BCUT2D eigenvalue weighted by molar-refractivity contribution is -0.437. The lowest BCUT2D eigenvalue weighted by atomic mass is 9.79. The minimum absolute atomic E-state index is 0.00823. The summed E-state index contributed by atoms with van der Waals surface area (Å²) in [7, 11) is -19.3. The molecule has 3 aliphatic heterocycles. The van der Waals surface area contributed by atoms with Gasteiger partial charge in [-0.15, -0.1) is 5.06 Å². The monoisotopic (exact) mass is 1070 g/mol. The zero-order valence-corrected chi connectivity index (χ0v) is 42.6. The molecule has 4 aromatic carbocycles. The quantitative estimate of drug-likeness (QED) is 0.0463. The molecule has 0 spiro atoms. The molecule has 5 aromatic rings. The minimum atomic E-state index is -5.04. The number of imide groups is 1. The summed E-state index contributed by atoms with van der Waals surface area (Å²) in [6, 6.07) is 15.2. The van der Waals surface area contributed by atoms with E-state index in [2.05, 4.69) is 4.98 Å². The largest absolute Gasteiger partial charge is 0.748 e. The maximum absolute atomic E-state index is 13.2. The van der Waals surface area contributed by atoms with Gasteiger partial charge >= 0.3 is 5.97 Å². The van der Waals surface area contributed by atoms with Gasteiger partial charge in [-0.25, -0.2) is 13.2 Å². The van der Waals surface area contributed by atoms with Crippen LogP contribution in [0, 0.1) is 6.92 Å². The number of nitrogens with zero attached hydrogens (tertiary/aromatic N) is 4. The topological polar surface area (TPSA) is 303 Å². The van der Waals surface area contributed by atoms with Gasteiger partial charge in [-0.2, -0.15) is 29.8 Å². The molecule has 2 amide bonds. The smallest absolute Gasteiger partial charge is 0.365 e. The molecule has 2 radical (unpaired) electrons. The Hall–Kier alpha value is -6.51. The Balaban J connectivity index is 1.32. The van der Waals surface area contributed by atoms with Gasteiger partial charge < -0.3 is 14.3 Å². The van der Waals surface area contributed by atoms with Crippen molar-refractivity contribution in [3.05, 3.63) is 132 Å². The van der Waals surface area contributed by atoms with E-state index in [1.165, 1.54) is 36.4 Å². The molecule has 73 heavy (non-hydrogen) atoms. The van der Waals surface area contributed by atoms with Gasteiger partial charge in [0, 0.05) is 83.2 Å². The summed E-state index contributed by atoms with van der Waals surface area (Å²) in [4.78, 5) is 47.1. The van der Waals surface area contributed by atoms with E-state index >= 15 is 0 Å². The number of hydrogen-bond donors (Lipinski definition) is 3. The Bertz CT molecular complexity index is 3810. The number of fused-ring (bicyclic) bond motifs is 6. The first-order valence-electron chi connectivity index (χ1n) is 22.3. The van der Waals surface area contributed by atoms with Crippen molar-refractivity contribution in [1.82, 2.24) is 10.0 Å². The number of hydrogen-bond acceptors (Lipinski definition) is 15. The molecular weight excluding hydrogens is 1030 g/mol. The normalized spacial score (nSPS) is 17.7. The second kappa shape index (κ2) is 18.8. The first kappa shape index (κ1) is 52.8. The highest BCUT2D eigenvalue weighted by Gasteiger charge is 2.46. The van der Waals surface area contributed by atoms with Gasteiger partial charge in [0.05, 0.1) is 36.6 Å². The molecule has 0 atom stereocenters. The van der Waals surface area contributed by atoms with Crippen LogP contribution in [0.3, 0.4) is 0 Å². The molecule has 0 bridgehead atoms. The van der Waals surface area contributed by atoms with Crippen molar-refractivity contribution in [1.29, 1.82) is 0 Å². The van der Waals surface area contributed by atoms with Gasteiger partial charge in [-0.1, -0.05) is 32.1 Å². The van der Waals surface area contributed by atoms with E-state index in [1.54, 1.807) is 60.9 Å². The Morgan fingerprint density at radius 3 is 2.07 bits per heavy atom. The summed E-state index contributed by atoms with van der Waals surface area (Å²) < 4.78 is 143.